The van der Waals surface area contributed by atoms with Gasteiger partial charge in [0.2, 0.25) is 0 Å². The molecule has 4 heterocycles. The van der Waals surface area contributed by atoms with Crippen LogP contribution >= 0.6 is 0 Å². The average Bonchev–Trinajstić information content (AvgIpc) is 3.59. The highest BCUT2D eigenvalue weighted by Gasteiger charge is 2.34. The van der Waals surface area contributed by atoms with E-state index in [0.717, 1.165) is 67.1 Å². The fraction of sp³-hybridized carbons (Fsp3) is 0.281. The second-order valence-electron chi connectivity index (χ2n) is 10.2. The Morgan fingerprint density at radius 2 is 1.82 bits per heavy atom. The summed E-state index contributed by atoms with van der Waals surface area (Å²) in [5.74, 6) is -0.283. The van der Waals surface area contributed by atoms with Gasteiger partial charge in [0.1, 0.15) is 5.75 Å². The van der Waals surface area contributed by atoms with Gasteiger partial charge in [0.05, 0.1) is 12.3 Å². The molecule has 0 aliphatic carbocycles. The van der Waals surface area contributed by atoms with Crippen molar-refractivity contribution in [3.63, 3.8) is 0 Å². The van der Waals surface area contributed by atoms with Crippen LogP contribution in [0.3, 0.4) is 0 Å². The first-order chi connectivity index (χ1) is 18.6. The van der Waals surface area contributed by atoms with E-state index in [1.807, 2.05) is 18.3 Å². The van der Waals surface area contributed by atoms with Gasteiger partial charge >= 0.3 is 0 Å². The monoisotopic (exact) mass is 511 g/mol. The van der Waals surface area contributed by atoms with Crippen LogP contribution < -0.4 is 4.74 Å². The second-order valence-corrected chi connectivity index (χ2v) is 10.2. The van der Waals surface area contributed by atoms with Gasteiger partial charge in [-0.05, 0) is 84.3 Å². The molecule has 1 saturated heterocycles. The lowest BCUT2D eigenvalue weighted by Crippen LogP contribution is -2.32. The Labute approximate surface area is 222 Å². The Balaban J connectivity index is 1.30. The van der Waals surface area contributed by atoms with E-state index in [1.165, 1.54) is 23.3 Å². The molecular formula is C32H31F2N3O. The minimum Gasteiger partial charge on any atom is -0.494 e. The minimum absolute atomic E-state index is 0.367. The zero-order valence-corrected chi connectivity index (χ0v) is 21.5. The molecule has 0 amide bonds. The van der Waals surface area contributed by atoms with Crippen LogP contribution in [0.25, 0.3) is 28.0 Å². The Kier molecular flexibility index (Phi) is 6.81. The SMILES string of the molecule is CCCOc1ccc([C@@H]2C[C@H]3C=C(c4c[nH]c(-c5ccc(F)c(F)c5)c4-c4ccncc4)CCN3C2)cc1. The first-order valence-electron chi connectivity index (χ1n) is 13.4. The molecule has 0 saturated carbocycles. The number of ether oxygens (including phenoxy) is 1. The lowest BCUT2D eigenvalue weighted by molar-refractivity contribution is 0.286. The number of rotatable bonds is 7. The third-order valence-corrected chi connectivity index (χ3v) is 7.74. The molecule has 194 valence electrons. The molecule has 2 aromatic heterocycles. The number of hydrogen-bond acceptors (Lipinski definition) is 3. The molecule has 38 heavy (non-hydrogen) atoms. The lowest BCUT2D eigenvalue weighted by atomic mass is 9.90. The zero-order valence-electron chi connectivity index (χ0n) is 21.5. The molecule has 6 rings (SSSR count). The predicted octanol–water partition coefficient (Wildman–Crippen LogP) is 7.46. The van der Waals surface area contributed by atoms with Gasteiger partial charge in [0.25, 0.3) is 0 Å². The molecular weight excluding hydrogens is 480 g/mol. The van der Waals surface area contributed by atoms with Crippen molar-refractivity contribution in [2.24, 2.45) is 0 Å². The number of hydrogen-bond donors (Lipinski definition) is 1. The maximum atomic E-state index is 14.1. The van der Waals surface area contributed by atoms with E-state index >= 15 is 0 Å². The van der Waals surface area contributed by atoms with Gasteiger partial charge in [-0.15, -0.1) is 0 Å². The van der Waals surface area contributed by atoms with Crippen LogP contribution in [0, 0.1) is 11.6 Å². The molecule has 2 aliphatic rings. The molecule has 0 radical (unpaired) electrons. The summed E-state index contributed by atoms with van der Waals surface area (Å²) in [7, 11) is 0. The first kappa shape index (κ1) is 24.6. The number of pyridine rings is 1. The van der Waals surface area contributed by atoms with Crippen LogP contribution in [0.1, 0.15) is 43.2 Å². The second kappa shape index (κ2) is 10.5. The fourth-order valence-electron chi connectivity index (χ4n) is 5.84. The van der Waals surface area contributed by atoms with Crippen molar-refractivity contribution in [1.29, 1.82) is 0 Å². The number of fused-ring (bicyclic) bond motifs is 1. The van der Waals surface area contributed by atoms with Crippen LogP contribution in [0.15, 0.2) is 79.3 Å². The predicted molar refractivity (Wildman–Crippen MR) is 147 cm³/mol. The summed E-state index contributed by atoms with van der Waals surface area (Å²) < 4.78 is 33.6. The minimum atomic E-state index is -0.853. The normalized spacial score (nSPS) is 19.3. The number of halogens is 2. The van der Waals surface area contributed by atoms with Crippen molar-refractivity contribution in [1.82, 2.24) is 14.9 Å². The summed E-state index contributed by atoms with van der Waals surface area (Å²) in [5, 5.41) is 0. The van der Waals surface area contributed by atoms with Crippen LogP contribution in [0.5, 0.6) is 5.75 Å². The molecule has 2 atom stereocenters. The smallest absolute Gasteiger partial charge is 0.159 e. The number of H-pyrrole nitrogens is 1. The van der Waals surface area contributed by atoms with Crippen molar-refractivity contribution >= 4 is 5.57 Å². The summed E-state index contributed by atoms with van der Waals surface area (Å²) in [5.41, 5.74) is 7.14. The van der Waals surface area contributed by atoms with E-state index in [-0.39, 0.29) is 0 Å². The maximum Gasteiger partial charge on any atom is 0.159 e. The van der Waals surface area contributed by atoms with Gasteiger partial charge in [-0.25, -0.2) is 8.78 Å². The average molecular weight is 512 g/mol. The van der Waals surface area contributed by atoms with E-state index in [0.29, 0.717) is 17.5 Å². The highest BCUT2D eigenvalue weighted by molar-refractivity contribution is 5.91. The van der Waals surface area contributed by atoms with Gasteiger partial charge in [0, 0.05) is 54.4 Å². The van der Waals surface area contributed by atoms with Crippen LogP contribution in [-0.2, 0) is 0 Å². The summed E-state index contributed by atoms with van der Waals surface area (Å²) in [6, 6.07) is 16.9. The highest BCUT2D eigenvalue weighted by atomic mass is 19.2. The molecule has 1 fully saturated rings. The third-order valence-electron chi connectivity index (χ3n) is 7.74. The molecule has 2 aromatic carbocycles. The van der Waals surface area contributed by atoms with E-state index in [4.69, 9.17) is 4.74 Å². The molecule has 4 nitrogen and oxygen atoms in total. The van der Waals surface area contributed by atoms with Gasteiger partial charge < -0.3 is 9.72 Å². The lowest BCUT2D eigenvalue weighted by Gasteiger charge is -2.28. The quantitative estimate of drug-likeness (QED) is 0.280. The number of nitrogens with zero attached hydrogens (tertiary/aromatic N) is 2. The topological polar surface area (TPSA) is 41.1 Å². The van der Waals surface area contributed by atoms with Crippen molar-refractivity contribution < 1.29 is 13.5 Å². The van der Waals surface area contributed by atoms with Gasteiger partial charge in [-0.2, -0.15) is 0 Å². The third kappa shape index (κ3) is 4.76. The number of nitrogens with one attached hydrogen (secondary N) is 1. The molecule has 1 N–H and O–H groups in total. The Bertz CT molecular complexity index is 1450. The summed E-state index contributed by atoms with van der Waals surface area (Å²) >= 11 is 0. The largest absolute Gasteiger partial charge is 0.494 e. The first-order valence-corrected chi connectivity index (χ1v) is 13.4. The Morgan fingerprint density at radius 1 is 1.00 bits per heavy atom. The summed E-state index contributed by atoms with van der Waals surface area (Å²) in [6.45, 7) is 4.90. The molecule has 0 spiro atoms. The molecule has 0 bridgehead atoms. The van der Waals surface area contributed by atoms with Crippen molar-refractivity contribution in [3.05, 3.63) is 102 Å². The number of aromatic amines is 1. The summed E-state index contributed by atoms with van der Waals surface area (Å²) in [6.07, 6.45) is 10.9. The van der Waals surface area contributed by atoms with Crippen LogP contribution in [-0.4, -0.2) is 40.6 Å². The van der Waals surface area contributed by atoms with Gasteiger partial charge in [-0.3, -0.25) is 9.88 Å². The maximum absolute atomic E-state index is 14.1. The number of aromatic nitrogens is 2. The molecule has 6 heteroatoms. The fourth-order valence-corrected chi connectivity index (χ4v) is 5.84. The number of benzene rings is 2. The van der Waals surface area contributed by atoms with E-state index in [9.17, 15) is 8.78 Å². The molecule has 0 unspecified atom stereocenters. The van der Waals surface area contributed by atoms with Crippen LogP contribution in [0.4, 0.5) is 8.78 Å². The van der Waals surface area contributed by atoms with Crippen molar-refractivity contribution in [2.45, 2.75) is 38.1 Å². The van der Waals surface area contributed by atoms with Crippen LogP contribution in [0.2, 0.25) is 0 Å². The van der Waals surface area contributed by atoms with Gasteiger partial charge in [-0.1, -0.05) is 25.1 Å². The Hall–Kier alpha value is -3.77. The highest BCUT2D eigenvalue weighted by Crippen LogP contribution is 2.43. The molecule has 4 aromatic rings. The zero-order chi connectivity index (χ0) is 26.1. The Morgan fingerprint density at radius 3 is 2.58 bits per heavy atom. The van der Waals surface area contributed by atoms with E-state index < -0.39 is 11.6 Å². The van der Waals surface area contributed by atoms with Crippen molar-refractivity contribution in [3.8, 4) is 28.1 Å². The standard InChI is InChI=1S/C32H31F2N3O/c1-2-15-38-27-6-3-21(4-7-27)25-17-26-16-23(11-14-37(26)20-25)28-19-36-32(24-5-8-29(33)30(34)18-24)31(28)22-9-12-35-13-10-22/h3-10,12-13,16,18-19,25-26,36H,2,11,14-15,17,20H2,1H3/t25-,26-/m1/s1. The van der Waals surface area contributed by atoms with E-state index in [1.54, 1.807) is 18.5 Å². The molecule has 2 aliphatic heterocycles. The van der Waals surface area contributed by atoms with Crippen molar-refractivity contribution in [2.75, 3.05) is 19.7 Å². The summed E-state index contributed by atoms with van der Waals surface area (Å²) in [4.78, 5) is 10.1. The van der Waals surface area contributed by atoms with E-state index in [2.05, 4.69) is 52.1 Å². The van der Waals surface area contributed by atoms with Gasteiger partial charge in [0.15, 0.2) is 11.6 Å².